The van der Waals surface area contributed by atoms with Crippen molar-refractivity contribution < 1.29 is 26.3 Å². The molecule has 0 aromatic heterocycles. The molecule has 1 heterocycles. The Kier molecular flexibility index (Phi) is 7.01. The third-order valence-electron chi connectivity index (χ3n) is 4.33. The van der Waals surface area contributed by atoms with E-state index >= 15 is 0 Å². The van der Waals surface area contributed by atoms with Crippen molar-refractivity contribution in [1.29, 1.82) is 0 Å². The van der Waals surface area contributed by atoms with E-state index in [1.165, 1.54) is 24.3 Å². The van der Waals surface area contributed by atoms with Crippen molar-refractivity contribution in [2.45, 2.75) is 12.4 Å². The van der Waals surface area contributed by atoms with Gasteiger partial charge in [-0.2, -0.15) is 31.4 Å². The van der Waals surface area contributed by atoms with Crippen LogP contribution in [0.25, 0.3) is 12.2 Å². The average molecular weight is 452 g/mol. The minimum atomic E-state index is -4.42. The predicted octanol–water partition coefficient (Wildman–Crippen LogP) is 5.36. The summed E-state index contributed by atoms with van der Waals surface area (Å²) >= 11 is 0. The Morgan fingerprint density at radius 3 is 1.66 bits per heavy atom. The topological polar surface area (TPSA) is 48.8 Å². The third kappa shape index (κ3) is 6.73. The largest absolute Gasteiger partial charge is 0.416 e. The Morgan fingerprint density at radius 2 is 1.28 bits per heavy atom. The van der Waals surface area contributed by atoms with E-state index in [0.29, 0.717) is 35.9 Å². The molecule has 0 amide bonds. The Labute approximate surface area is 180 Å². The lowest BCUT2D eigenvalue weighted by atomic mass is 10.1. The SMILES string of the molecule is FC(F)(F)c1ccc(/C=C/C(/C=C/c2ccc(C(F)(F)F)cc2)=NNC2=NCCN2)cc1. The second-order valence-corrected chi connectivity index (χ2v) is 6.71. The third-order valence-corrected chi connectivity index (χ3v) is 4.33. The van der Waals surface area contributed by atoms with Crippen LogP contribution in [0.5, 0.6) is 0 Å². The summed E-state index contributed by atoms with van der Waals surface area (Å²) in [5.74, 6) is 0.466. The summed E-state index contributed by atoms with van der Waals surface area (Å²) in [4.78, 5) is 4.14. The maximum Gasteiger partial charge on any atom is 0.416 e. The van der Waals surface area contributed by atoms with Crippen LogP contribution in [-0.2, 0) is 12.4 Å². The van der Waals surface area contributed by atoms with Crippen molar-refractivity contribution in [3.63, 3.8) is 0 Å². The van der Waals surface area contributed by atoms with Crippen LogP contribution in [0.15, 0.2) is 70.8 Å². The van der Waals surface area contributed by atoms with Crippen LogP contribution in [0.1, 0.15) is 22.3 Å². The lowest BCUT2D eigenvalue weighted by Gasteiger charge is -2.06. The van der Waals surface area contributed by atoms with Gasteiger partial charge in [-0.15, -0.1) is 0 Å². The summed E-state index contributed by atoms with van der Waals surface area (Å²) < 4.78 is 76.2. The fourth-order valence-electron chi connectivity index (χ4n) is 2.65. The van der Waals surface area contributed by atoms with E-state index < -0.39 is 23.5 Å². The van der Waals surface area contributed by atoms with Gasteiger partial charge >= 0.3 is 12.4 Å². The first-order valence-electron chi connectivity index (χ1n) is 9.44. The smallest absolute Gasteiger partial charge is 0.353 e. The number of nitrogens with zero attached hydrogens (tertiary/aromatic N) is 2. The first kappa shape index (κ1) is 23.1. The van der Waals surface area contributed by atoms with Gasteiger partial charge in [0.05, 0.1) is 23.4 Å². The molecular formula is C22H18F6N4. The highest BCUT2D eigenvalue weighted by Crippen LogP contribution is 2.30. The summed E-state index contributed by atoms with van der Waals surface area (Å²) in [5.41, 5.74) is 2.65. The first-order chi connectivity index (χ1) is 15.1. The van der Waals surface area contributed by atoms with Crippen LogP contribution >= 0.6 is 0 Å². The number of halogens is 6. The summed E-state index contributed by atoms with van der Waals surface area (Å²) in [5, 5.41) is 7.16. The summed E-state index contributed by atoms with van der Waals surface area (Å²) in [6.45, 7) is 1.26. The lowest BCUT2D eigenvalue weighted by molar-refractivity contribution is -0.138. The van der Waals surface area contributed by atoms with Crippen molar-refractivity contribution in [3.8, 4) is 0 Å². The quantitative estimate of drug-likeness (QED) is 0.365. The minimum absolute atomic E-state index is 0.376. The Hall–Kier alpha value is -3.56. The zero-order chi connectivity index (χ0) is 23.2. The molecule has 0 bridgehead atoms. The predicted molar refractivity (Wildman–Crippen MR) is 112 cm³/mol. The zero-order valence-electron chi connectivity index (χ0n) is 16.5. The number of nitrogens with one attached hydrogen (secondary N) is 2. The number of rotatable bonds is 5. The van der Waals surface area contributed by atoms with E-state index in [1.54, 1.807) is 24.3 Å². The van der Waals surface area contributed by atoms with E-state index in [9.17, 15) is 26.3 Å². The number of hydrazone groups is 1. The lowest BCUT2D eigenvalue weighted by Crippen LogP contribution is -2.30. The Bertz CT molecular complexity index is 961. The maximum absolute atomic E-state index is 12.7. The van der Waals surface area contributed by atoms with Gasteiger partial charge in [-0.1, -0.05) is 36.4 Å². The zero-order valence-corrected chi connectivity index (χ0v) is 16.5. The van der Waals surface area contributed by atoms with E-state index in [1.807, 2.05) is 0 Å². The standard InChI is InChI=1S/C22H18F6N4/c23-21(24,25)17-7-1-15(2-8-17)5-11-19(31-32-20-29-13-14-30-20)12-6-16-3-9-18(10-4-16)22(26,27)28/h1-12H,13-14H2,(H2,29,30,32)/b11-5+,12-6+. The van der Waals surface area contributed by atoms with Gasteiger partial charge in [-0.25, -0.2) is 10.4 Å². The Morgan fingerprint density at radius 1 is 0.812 bits per heavy atom. The number of alkyl halides is 6. The van der Waals surface area contributed by atoms with Gasteiger partial charge in [0.2, 0.25) is 5.96 Å². The second-order valence-electron chi connectivity index (χ2n) is 6.71. The summed E-state index contributed by atoms with van der Waals surface area (Å²) in [6, 6.07) is 9.21. The molecule has 0 saturated heterocycles. The number of hydrogen-bond donors (Lipinski definition) is 2. The molecule has 1 aliphatic heterocycles. The van der Waals surface area contributed by atoms with Crippen molar-refractivity contribution in [3.05, 3.63) is 82.9 Å². The fourth-order valence-corrected chi connectivity index (χ4v) is 2.65. The molecule has 1 aliphatic rings. The Balaban J connectivity index is 1.78. The van der Waals surface area contributed by atoms with Crippen molar-refractivity contribution in [2.24, 2.45) is 10.1 Å². The van der Waals surface area contributed by atoms with E-state index in [2.05, 4.69) is 20.8 Å². The molecule has 168 valence electrons. The van der Waals surface area contributed by atoms with Gasteiger partial charge in [0.15, 0.2) is 0 Å². The molecule has 0 aliphatic carbocycles. The van der Waals surface area contributed by atoms with Gasteiger partial charge in [-0.05, 0) is 47.5 Å². The van der Waals surface area contributed by atoms with Crippen LogP contribution in [-0.4, -0.2) is 24.8 Å². The highest BCUT2D eigenvalue weighted by molar-refractivity contribution is 6.09. The van der Waals surface area contributed by atoms with Gasteiger partial charge < -0.3 is 5.32 Å². The highest BCUT2D eigenvalue weighted by atomic mass is 19.4. The molecule has 32 heavy (non-hydrogen) atoms. The molecule has 0 atom stereocenters. The fraction of sp³-hybridized carbons (Fsp3) is 0.182. The monoisotopic (exact) mass is 452 g/mol. The molecule has 0 spiro atoms. The van der Waals surface area contributed by atoms with Crippen molar-refractivity contribution >= 4 is 23.8 Å². The highest BCUT2D eigenvalue weighted by Gasteiger charge is 2.30. The molecular weight excluding hydrogens is 434 g/mol. The summed E-state index contributed by atoms with van der Waals surface area (Å²) in [6.07, 6.45) is -2.57. The van der Waals surface area contributed by atoms with Crippen LogP contribution in [0.3, 0.4) is 0 Å². The number of aliphatic imine (C=N–C) groups is 1. The van der Waals surface area contributed by atoms with Gasteiger partial charge in [0.1, 0.15) is 0 Å². The van der Waals surface area contributed by atoms with E-state index in [-0.39, 0.29) is 0 Å². The number of benzene rings is 2. The van der Waals surface area contributed by atoms with Crippen LogP contribution in [0, 0.1) is 0 Å². The molecule has 0 fully saturated rings. The maximum atomic E-state index is 12.7. The first-order valence-corrected chi connectivity index (χ1v) is 9.44. The van der Waals surface area contributed by atoms with E-state index in [4.69, 9.17) is 0 Å². The molecule has 0 saturated carbocycles. The average Bonchev–Trinajstić information content (AvgIpc) is 3.26. The van der Waals surface area contributed by atoms with Gasteiger partial charge in [0.25, 0.3) is 0 Å². The molecule has 10 heteroatoms. The molecule has 4 nitrogen and oxygen atoms in total. The van der Waals surface area contributed by atoms with Crippen molar-refractivity contribution in [1.82, 2.24) is 10.7 Å². The second kappa shape index (κ2) is 9.71. The molecule has 2 N–H and O–H groups in total. The molecule has 2 aromatic carbocycles. The number of hydrogen-bond acceptors (Lipinski definition) is 4. The number of guanidine groups is 1. The van der Waals surface area contributed by atoms with E-state index in [0.717, 1.165) is 24.3 Å². The van der Waals surface area contributed by atoms with Crippen molar-refractivity contribution in [2.75, 3.05) is 13.1 Å². The molecule has 2 aromatic rings. The molecule has 3 rings (SSSR count). The normalized spacial score (nSPS) is 14.5. The van der Waals surface area contributed by atoms with Gasteiger partial charge in [0, 0.05) is 6.54 Å². The van der Waals surface area contributed by atoms with Crippen LogP contribution in [0.2, 0.25) is 0 Å². The minimum Gasteiger partial charge on any atom is -0.353 e. The molecule has 0 radical (unpaired) electrons. The number of allylic oxidation sites excluding steroid dienone is 2. The van der Waals surface area contributed by atoms with Gasteiger partial charge in [-0.3, -0.25) is 0 Å². The van der Waals surface area contributed by atoms with Crippen LogP contribution in [0.4, 0.5) is 26.3 Å². The summed E-state index contributed by atoms with van der Waals surface area (Å²) in [7, 11) is 0. The molecule has 0 unspecified atom stereocenters. The van der Waals surface area contributed by atoms with Crippen LogP contribution < -0.4 is 10.7 Å².